The fourth-order valence-electron chi connectivity index (χ4n) is 1.33. The van der Waals surface area contributed by atoms with Crippen LogP contribution in [-0.2, 0) is 9.53 Å². The number of hydrogen-bond donors (Lipinski definition) is 1. The molecule has 0 aliphatic carbocycles. The fraction of sp³-hybridized carbons (Fsp3) is 0.417. The van der Waals surface area contributed by atoms with Gasteiger partial charge in [0.05, 0.1) is 13.0 Å². The number of anilines is 1. The first-order valence-electron chi connectivity index (χ1n) is 5.29. The summed E-state index contributed by atoms with van der Waals surface area (Å²) in [6, 6.07) is 5.95. The van der Waals surface area contributed by atoms with Gasteiger partial charge < -0.3 is 10.1 Å². The van der Waals surface area contributed by atoms with Crippen molar-refractivity contribution in [2.45, 2.75) is 20.3 Å². The average molecular weight is 286 g/mol. The summed E-state index contributed by atoms with van der Waals surface area (Å²) < 4.78 is 5.91. The van der Waals surface area contributed by atoms with Crippen molar-refractivity contribution in [2.75, 3.05) is 18.5 Å². The Balaban J connectivity index is 2.43. The molecule has 1 aromatic rings. The molecule has 0 aliphatic heterocycles. The molecule has 4 heteroatoms. The zero-order chi connectivity index (χ0) is 12.0. The van der Waals surface area contributed by atoms with Gasteiger partial charge >= 0.3 is 5.97 Å². The third-order valence-electron chi connectivity index (χ3n) is 2.22. The molecule has 0 aromatic heterocycles. The van der Waals surface area contributed by atoms with Gasteiger partial charge in [0.15, 0.2) is 0 Å². The van der Waals surface area contributed by atoms with E-state index in [2.05, 4.69) is 21.2 Å². The minimum atomic E-state index is -0.164. The molecule has 0 amide bonds. The number of halogens is 1. The third kappa shape index (κ3) is 3.85. The molecule has 0 bridgehead atoms. The molecule has 0 saturated heterocycles. The summed E-state index contributed by atoms with van der Waals surface area (Å²) in [4.78, 5) is 11.1. The van der Waals surface area contributed by atoms with Gasteiger partial charge in [0, 0.05) is 16.7 Å². The van der Waals surface area contributed by atoms with Crippen molar-refractivity contribution < 1.29 is 9.53 Å². The van der Waals surface area contributed by atoms with E-state index < -0.39 is 0 Å². The van der Waals surface area contributed by atoms with E-state index in [1.165, 1.54) is 0 Å². The molecular weight excluding hydrogens is 270 g/mol. The van der Waals surface area contributed by atoms with Gasteiger partial charge in [0.25, 0.3) is 0 Å². The van der Waals surface area contributed by atoms with Gasteiger partial charge in [-0.05, 0) is 31.5 Å². The Labute approximate surface area is 104 Å². The van der Waals surface area contributed by atoms with Crippen LogP contribution < -0.4 is 5.32 Å². The van der Waals surface area contributed by atoms with Crippen molar-refractivity contribution in [1.82, 2.24) is 0 Å². The number of ether oxygens (including phenoxy) is 1. The van der Waals surface area contributed by atoms with Crippen LogP contribution in [0.5, 0.6) is 0 Å². The number of rotatable bonds is 5. The number of hydrogen-bond acceptors (Lipinski definition) is 3. The monoisotopic (exact) mass is 285 g/mol. The van der Waals surface area contributed by atoms with E-state index in [4.69, 9.17) is 4.74 Å². The first-order valence-corrected chi connectivity index (χ1v) is 6.09. The molecule has 0 unspecified atom stereocenters. The molecule has 0 heterocycles. The minimum Gasteiger partial charge on any atom is -0.466 e. The lowest BCUT2D eigenvalue weighted by Crippen LogP contribution is -2.11. The zero-order valence-electron chi connectivity index (χ0n) is 9.55. The van der Waals surface area contributed by atoms with Crippen LogP contribution in [0.4, 0.5) is 5.69 Å². The van der Waals surface area contributed by atoms with Gasteiger partial charge in [0.2, 0.25) is 0 Å². The Bertz CT molecular complexity index is 366. The van der Waals surface area contributed by atoms with E-state index in [9.17, 15) is 4.79 Å². The van der Waals surface area contributed by atoms with Gasteiger partial charge in [-0.2, -0.15) is 0 Å². The Kier molecular flexibility index (Phi) is 5.32. The fourth-order valence-corrected chi connectivity index (χ4v) is 1.70. The van der Waals surface area contributed by atoms with E-state index >= 15 is 0 Å². The van der Waals surface area contributed by atoms with Gasteiger partial charge in [-0.25, -0.2) is 0 Å². The molecule has 1 rings (SSSR count). The molecule has 88 valence electrons. The van der Waals surface area contributed by atoms with Gasteiger partial charge in [0.1, 0.15) is 0 Å². The van der Waals surface area contributed by atoms with E-state index in [-0.39, 0.29) is 5.97 Å². The van der Waals surface area contributed by atoms with Crippen molar-refractivity contribution in [1.29, 1.82) is 0 Å². The van der Waals surface area contributed by atoms with Crippen LogP contribution in [0.3, 0.4) is 0 Å². The second-order valence-electron chi connectivity index (χ2n) is 3.39. The Morgan fingerprint density at radius 2 is 2.25 bits per heavy atom. The highest BCUT2D eigenvalue weighted by Crippen LogP contribution is 2.23. The maximum absolute atomic E-state index is 11.1. The minimum absolute atomic E-state index is 0.164. The van der Waals surface area contributed by atoms with Gasteiger partial charge in [-0.1, -0.05) is 22.0 Å². The van der Waals surface area contributed by atoms with Crippen LogP contribution in [0.25, 0.3) is 0 Å². The predicted molar refractivity (Wildman–Crippen MR) is 68.6 cm³/mol. The Morgan fingerprint density at radius 1 is 1.50 bits per heavy atom. The summed E-state index contributed by atoms with van der Waals surface area (Å²) in [5.41, 5.74) is 2.19. The summed E-state index contributed by atoms with van der Waals surface area (Å²) in [6.45, 7) is 4.87. The molecule has 0 radical (unpaired) electrons. The second-order valence-corrected chi connectivity index (χ2v) is 4.25. The summed E-state index contributed by atoms with van der Waals surface area (Å²) in [5, 5.41) is 3.21. The molecule has 3 nitrogen and oxygen atoms in total. The number of carbonyl (C=O) groups excluding carboxylic acids is 1. The molecule has 0 saturated carbocycles. The summed E-state index contributed by atoms with van der Waals surface area (Å²) in [7, 11) is 0. The van der Waals surface area contributed by atoms with Crippen LogP contribution in [-0.4, -0.2) is 19.1 Å². The number of nitrogens with one attached hydrogen (secondary N) is 1. The lowest BCUT2D eigenvalue weighted by atomic mass is 10.2. The smallest absolute Gasteiger partial charge is 0.307 e. The number of carbonyl (C=O) groups is 1. The molecule has 0 fully saturated rings. The number of benzene rings is 1. The van der Waals surface area contributed by atoms with E-state index in [1.54, 1.807) is 0 Å². The van der Waals surface area contributed by atoms with E-state index in [0.29, 0.717) is 19.6 Å². The molecule has 0 atom stereocenters. The average Bonchev–Trinajstić information content (AvgIpc) is 2.25. The van der Waals surface area contributed by atoms with Crippen LogP contribution in [0.15, 0.2) is 22.7 Å². The highest BCUT2D eigenvalue weighted by Gasteiger charge is 2.03. The highest BCUT2D eigenvalue weighted by molar-refractivity contribution is 9.10. The molecule has 1 N–H and O–H groups in total. The topological polar surface area (TPSA) is 38.3 Å². The van der Waals surface area contributed by atoms with Crippen LogP contribution >= 0.6 is 15.9 Å². The molecule has 1 aromatic carbocycles. The molecular formula is C12H16BrNO2. The zero-order valence-corrected chi connectivity index (χ0v) is 11.1. The number of esters is 1. The lowest BCUT2D eigenvalue weighted by Gasteiger charge is -2.10. The third-order valence-corrected chi connectivity index (χ3v) is 3.08. The van der Waals surface area contributed by atoms with Crippen molar-refractivity contribution >= 4 is 27.6 Å². The summed E-state index contributed by atoms with van der Waals surface area (Å²) in [6.07, 6.45) is 0.389. The van der Waals surface area contributed by atoms with Crippen molar-refractivity contribution in [3.8, 4) is 0 Å². The second kappa shape index (κ2) is 6.53. The van der Waals surface area contributed by atoms with Crippen LogP contribution in [0.1, 0.15) is 18.9 Å². The van der Waals surface area contributed by atoms with Crippen LogP contribution in [0.2, 0.25) is 0 Å². The Morgan fingerprint density at radius 3 is 2.94 bits per heavy atom. The Hall–Kier alpha value is -1.03. The molecule has 0 aliphatic rings. The van der Waals surface area contributed by atoms with Crippen molar-refractivity contribution in [3.05, 3.63) is 28.2 Å². The maximum atomic E-state index is 11.1. The first kappa shape index (κ1) is 13.0. The summed E-state index contributed by atoms with van der Waals surface area (Å²) in [5.74, 6) is -0.164. The molecule has 16 heavy (non-hydrogen) atoms. The van der Waals surface area contributed by atoms with Crippen LogP contribution in [0, 0.1) is 6.92 Å². The largest absolute Gasteiger partial charge is 0.466 e. The van der Waals surface area contributed by atoms with E-state index in [1.807, 2.05) is 32.0 Å². The summed E-state index contributed by atoms with van der Waals surface area (Å²) >= 11 is 3.46. The molecule has 0 spiro atoms. The standard InChI is InChI=1S/C12H16BrNO2/c1-3-16-12(15)7-8-14-11-6-4-5-10(13)9(11)2/h4-6,14H,3,7-8H2,1-2H3. The quantitative estimate of drug-likeness (QED) is 0.845. The maximum Gasteiger partial charge on any atom is 0.307 e. The van der Waals surface area contributed by atoms with Gasteiger partial charge in [-0.15, -0.1) is 0 Å². The van der Waals surface area contributed by atoms with Crippen molar-refractivity contribution in [2.24, 2.45) is 0 Å². The predicted octanol–water partition coefficient (Wildman–Crippen LogP) is 3.12. The van der Waals surface area contributed by atoms with Gasteiger partial charge in [-0.3, -0.25) is 4.79 Å². The normalized spacial score (nSPS) is 9.94. The van der Waals surface area contributed by atoms with E-state index in [0.717, 1.165) is 15.7 Å². The lowest BCUT2D eigenvalue weighted by molar-refractivity contribution is -0.142. The SMILES string of the molecule is CCOC(=O)CCNc1cccc(Br)c1C. The highest BCUT2D eigenvalue weighted by atomic mass is 79.9. The first-order chi connectivity index (χ1) is 7.65. The van der Waals surface area contributed by atoms with Crippen molar-refractivity contribution in [3.63, 3.8) is 0 Å².